The predicted molar refractivity (Wildman–Crippen MR) is 75.5 cm³/mol. The number of rotatable bonds is 0. The molecule has 2 aromatic rings. The molecule has 0 fully saturated rings. The molecular weight excluding hydrogens is 258 g/mol. The minimum Gasteiger partial charge on any atom is -0.346 e. The molecule has 0 saturated heterocycles. The van der Waals surface area contributed by atoms with E-state index in [1.54, 1.807) is 13.8 Å². The SMILES string of the molecule is Cc1ccc2cccc(C)c2c1.[CH2-]C.[CH2-]C.[Zn+2]. The van der Waals surface area contributed by atoms with Gasteiger partial charge in [-0.25, -0.2) is 0 Å². The summed E-state index contributed by atoms with van der Waals surface area (Å²) in [7, 11) is 0. The summed E-state index contributed by atoms with van der Waals surface area (Å²) < 4.78 is 0. The minimum atomic E-state index is 0. The van der Waals surface area contributed by atoms with Crippen molar-refractivity contribution < 1.29 is 19.5 Å². The molecular formula is C16H22Zn. The van der Waals surface area contributed by atoms with Gasteiger partial charge in [0.15, 0.2) is 0 Å². The summed E-state index contributed by atoms with van der Waals surface area (Å²) in [5.74, 6) is 0. The Bertz CT molecular complexity index is 419. The molecule has 0 atom stereocenters. The van der Waals surface area contributed by atoms with Gasteiger partial charge in [0.25, 0.3) is 0 Å². The van der Waals surface area contributed by atoms with Crippen LogP contribution in [-0.2, 0) is 19.5 Å². The molecule has 2 rings (SSSR count). The second kappa shape index (κ2) is 10.5. The normalized spacial score (nSPS) is 8.12. The molecule has 0 aliphatic heterocycles. The van der Waals surface area contributed by atoms with Gasteiger partial charge in [0.05, 0.1) is 0 Å². The van der Waals surface area contributed by atoms with E-state index in [1.807, 2.05) is 0 Å². The maximum atomic E-state index is 3.25. The molecule has 0 bridgehead atoms. The Kier molecular flexibility index (Phi) is 11.5. The van der Waals surface area contributed by atoms with Crippen LogP contribution in [0.2, 0.25) is 0 Å². The third-order valence-corrected chi connectivity index (χ3v) is 2.26. The number of aryl methyl sites for hydroxylation is 2. The van der Waals surface area contributed by atoms with Crippen LogP contribution in [0.1, 0.15) is 25.0 Å². The van der Waals surface area contributed by atoms with Crippen molar-refractivity contribution in [2.24, 2.45) is 0 Å². The number of hydrogen-bond donors (Lipinski definition) is 0. The van der Waals surface area contributed by atoms with Gasteiger partial charge in [-0.1, -0.05) is 42.0 Å². The van der Waals surface area contributed by atoms with E-state index in [9.17, 15) is 0 Å². The van der Waals surface area contributed by atoms with E-state index in [0.29, 0.717) is 0 Å². The summed E-state index contributed by atoms with van der Waals surface area (Å²) in [4.78, 5) is 0. The molecule has 0 heterocycles. The van der Waals surface area contributed by atoms with Crippen LogP contribution in [0.3, 0.4) is 0 Å². The summed E-state index contributed by atoms with van der Waals surface area (Å²) in [5.41, 5.74) is 2.69. The third kappa shape index (κ3) is 5.46. The molecule has 0 aliphatic rings. The first kappa shape index (κ1) is 18.7. The van der Waals surface area contributed by atoms with Crippen LogP contribution in [0.15, 0.2) is 36.4 Å². The Hall–Kier alpha value is -0.677. The van der Waals surface area contributed by atoms with E-state index in [-0.39, 0.29) is 19.5 Å². The number of hydrogen-bond acceptors (Lipinski definition) is 0. The van der Waals surface area contributed by atoms with Crippen molar-refractivity contribution in [1.82, 2.24) is 0 Å². The minimum absolute atomic E-state index is 0. The van der Waals surface area contributed by atoms with Crippen LogP contribution in [0.5, 0.6) is 0 Å². The largest absolute Gasteiger partial charge is 2.00 e. The topological polar surface area (TPSA) is 0 Å². The molecule has 17 heavy (non-hydrogen) atoms. The molecule has 88 valence electrons. The first-order valence-corrected chi connectivity index (χ1v) is 5.65. The third-order valence-electron chi connectivity index (χ3n) is 2.26. The Morgan fingerprint density at radius 3 is 2.00 bits per heavy atom. The molecule has 0 radical (unpaired) electrons. The molecule has 0 aromatic heterocycles. The van der Waals surface area contributed by atoms with E-state index < -0.39 is 0 Å². The van der Waals surface area contributed by atoms with Gasteiger partial charge in [-0.15, -0.1) is 0 Å². The monoisotopic (exact) mass is 278 g/mol. The summed E-state index contributed by atoms with van der Waals surface area (Å²) in [5, 5.41) is 2.71. The maximum Gasteiger partial charge on any atom is 2.00 e. The molecule has 0 N–H and O–H groups in total. The van der Waals surface area contributed by atoms with Gasteiger partial charge in [0.2, 0.25) is 0 Å². The fourth-order valence-corrected chi connectivity index (χ4v) is 1.54. The van der Waals surface area contributed by atoms with Gasteiger partial charge in [-0.2, -0.15) is 13.8 Å². The molecule has 0 saturated carbocycles. The van der Waals surface area contributed by atoms with Crippen molar-refractivity contribution in [3.8, 4) is 0 Å². The van der Waals surface area contributed by atoms with Crippen LogP contribution in [0, 0.1) is 27.7 Å². The van der Waals surface area contributed by atoms with Crippen molar-refractivity contribution in [1.29, 1.82) is 0 Å². The van der Waals surface area contributed by atoms with Gasteiger partial charge in [-0.3, -0.25) is 0 Å². The van der Waals surface area contributed by atoms with Gasteiger partial charge in [-0.05, 0) is 30.2 Å². The van der Waals surface area contributed by atoms with Crippen LogP contribution in [-0.4, -0.2) is 0 Å². The quantitative estimate of drug-likeness (QED) is 0.463. The molecule has 1 heteroatoms. The predicted octanol–water partition coefficient (Wildman–Crippen LogP) is 5.13. The van der Waals surface area contributed by atoms with Crippen LogP contribution >= 0.6 is 0 Å². The van der Waals surface area contributed by atoms with E-state index in [4.69, 9.17) is 0 Å². The second-order valence-corrected chi connectivity index (χ2v) is 3.30. The van der Waals surface area contributed by atoms with Crippen LogP contribution in [0.25, 0.3) is 10.8 Å². The van der Waals surface area contributed by atoms with Crippen molar-refractivity contribution in [3.05, 3.63) is 61.4 Å². The summed E-state index contributed by atoms with van der Waals surface area (Å²) in [6, 6.07) is 13.0. The molecule has 0 unspecified atom stereocenters. The van der Waals surface area contributed by atoms with Crippen molar-refractivity contribution in [2.45, 2.75) is 27.7 Å². The van der Waals surface area contributed by atoms with Gasteiger partial charge >= 0.3 is 19.5 Å². The fraction of sp³-hybridized carbons (Fsp3) is 0.250. The smallest absolute Gasteiger partial charge is 0.346 e. The Labute approximate surface area is 119 Å². The van der Waals surface area contributed by atoms with Gasteiger partial charge in [0.1, 0.15) is 0 Å². The number of benzene rings is 2. The van der Waals surface area contributed by atoms with Crippen molar-refractivity contribution in [2.75, 3.05) is 0 Å². The summed E-state index contributed by atoms with van der Waals surface area (Å²) >= 11 is 0. The van der Waals surface area contributed by atoms with E-state index in [0.717, 1.165) is 0 Å². The van der Waals surface area contributed by atoms with E-state index >= 15 is 0 Å². The zero-order valence-electron chi connectivity index (χ0n) is 11.6. The molecule has 2 aromatic carbocycles. The summed E-state index contributed by atoms with van der Waals surface area (Å²) in [6.45, 7) is 14.3. The first-order valence-electron chi connectivity index (χ1n) is 5.65. The Balaban J connectivity index is 0. The molecule has 0 spiro atoms. The zero-order chi connectivity index (χ0) is 12.6. The average Bonchev–Trinajstić information content (AvgIpc) is 2.35. The van der Waals surface area contributed by atoms with Crippen LogP contribution in [0.4, 0.5) is 0 Å². The Morgan fingerprint density at radius 1 is 0.824 bits per heavy atom. The van der Waals surface area contributed by atoms with Crippen molar-refractivity contribution in [3.63, 3.8) is 0 Å². The maximum absolute atomic E-state index is 3.25. The van der Waals surface area contributed by atoms with E-state index in [1.165, 1.54) is 21.9 Å². The zero-order valence-corrected chi connectivity index (χ0v) is 14.6. The molecule has 0 amide bonds. The fourth-order valence-electron chi connectivity index (χ4n) is 1.54. The molecule has 0 aliphatic carbocycles. The standard InChI is InChI=1S/C12H12.2C2H5.Zn/c1-9-6-7-11-5-3-4-10(2)12(11)8-9;2*1-2;/h3-8H,1-2H3;2*1H2,2H3;/q;2*-1;+2. The molecule has 0 nitrogen and oxygen atoms in total. The Morgan fingerprint density at radius 2 is 1.41 bits per heavy atom. The summed E-state index contributed by atoms with van der Waals surface area (Å²) in [6.07, 6.45) is 0. The van der Waals surface area contributed by atoms with Crippen molar-refractivity contribution >= 4 is 10.8 Å². The number of fused-ring (bicyclic) bond motifs is 1. The second-order valence-electron chi connectivity index (χ2n) is 3.30. The van der Waals surface area contributed by atoms with Gasteiger partial charge < -0.3 is 13.8 Å². The van der Waals surface area contributed by atoms with E-state index in [2.05, 4.69) is 64.1 Å². The van der Waals surface area contributed by atoms with Crippen LogP contribution < -0.4 is 0 Å². The average molecular weight is 280 g/mol. The van der Waals surface area contributed by atoms with Gasteiger partial charge in [0, 0.05) is 0 Å². The first-order chi connectivity index (χ1) is 7.77.